The van der Waals surface area contributed by atoms with E-state index >= 15 is 0 Å². The number of nitrogens with zero attached hydrogens (tertiary/aromatic N) is 4. The van der Waals surface area contributed by atoms with Crippen molar-refractivity contribution in [3.8, 4) is 17.2 Å². The Kier molecular flexibility index (Phi) is 19.7. The van der Waals surface area contributed by atoms with Crippen LogP contribution in [0.25, 0.3) is 0 Å². The molecule has 0 saturated carbocycles. The van der Waals surface area contributed by atoms with E-state index < -0.39 is 0 Å². The van der Waals surface area contributed by atoms with Crippen molar-refractivity contribution in [2.45, 2.75) is 102 Å². The number of hydrogen-bond acceptors (Lipinski definition) is 15. The molecule has 78 heavy (non-hydrogen) atoms. The number of carbonyl (C=O) groups is 3. The fraction of sp³-hybridized carbons (Fsp3) is 0.554. The van der Waals surface area contributed by atoms with Gasteiger partial charge in [0.2, 0.25) is 5.95 Å². The number of ether oxygens (including phenoxy) is 4. The summed E-state index contributed by atoms with van der Waals surface area (Å²) >= 11 is 18.5. The Morgan fingerprint density at radius 3 is 1.95 bits per heavy atom. The molecule has 0 spiro atoms. The molecule has 19 nitrogen and oxygen atoms in total. The summed E-state index contributed by atoms with van der Waals surface area (Å²) in [5.74, 6) is 2.68. The first kappa shape index (κ1) is 58.6. The second kappa shape index (κ2) is 26.2. The lowest BCUT2D eigenvalue weighted by Crippen LogP contribution is -2.57. The fourth-order valence-electron chi connectivity index (χ4n) is 11.6. The van der Waals surface area contributed by atoms with E-state index in [0.29, 0.717) is 84.7 Å². The normalized spacial score (nSPS) is 24.6. The van der Waals surface area contributed by atoms with Gasteiger partial charge in [0, 0.05) is 99.9 Å². The van der Waals surface area contributed by atoms with Gasteiger partial charge in [-0.15, -0.1) is 0 Å². The Morgan fingerprint density at radius 1 is 0.744 bits per heavy atom. The highest BCUT2D eigenvalue weighted by atomic mass is 35.5. The number of halogens is 3. The van der Waals surface area contributed by atoms with Crippen molar-refractivity contribution in [2.75, 3.05) is 104 Å². The average molecular weight is 1140 g/mol. The van der Waals surface area contributed by atoms with Crippen LogP contribution in [0.3, 0.4) is 0 Å². The summed E-state index contributed by atoms with van der Waals surface area (Å²) in [6.07, 6.45) is 9.45. The second-order valence-electron chi connectivity index (χ2n) is 21.8. The number of aromatic nitrogens is 2. The Balaban J connectivity index is 0.000000162. The highest BCUT2D eigenvalue weighted by Gasteiger charge is 2.39. The maximum atomic E-state index is 13.3. The van der Waals surface area contributed by atoms with Crippen LogP contribution in [-0.2, 0) is 11.2 Å². The zero-order chi connectivity index (χ0) is 55.8. The predicted molar refractivity (Wildman–Crippen MR) is 306 cm³/mol. The van der Waals surface area contributed by atoms with Crippen molar-refractivity contribution >= 4 is 69.8 Å². The molecule has 1 aromatic heterocycles. The van der Waals surface area contributed by atoms with Gasteiger partial charge in [0.15, 0.2) is 0 Å². The molecule has 11 rings (SSSR count). The van der Waals surface area contributed by atoms with Crippen molar-refractivity contribution in [3.63, 3.8) is 0 Å². The van der Waals surface area contributed by atoms with Crippen LogP contribution in [0.5, 0.6) is 17.2 Å². The zero-order valence-electron chi connectivity index (χ0n) is 45.6. The van der Waals surface area contributed by atoms with Gasteiger partial charge >= 0.3 is 0 Å². The number of aromatic amines is 1. The third-order valence-corrected chi connectivity index (χ3v) is 17.0. The van der Waals surface area contributed by atoms with Crippen LogP contribution in [0.2, 0.25) is 15.1 Å². The molecule has 3 amide bonds. The smallest absolute Gasteiger partial charge is 0.255 e. The van der Waals surface area contributed by atoms with Crippen molar-refractivity contribution in [3.05, 3.63) is 95.8 Å². The van der Waals surface area contributed by atoms with E-state index in [4.69, 9.17) is 65.2 Å². The van der Waals surface area contributed by atoms with E-state index in [9.17, 15) is 19.2 Å². The minimum absolute atomic E-state index is 0.106. The molecule has 0 aliphatic carbocycles. The molecule has 6 fully saturated rings. The molecule has 6 atom stereocenters. The number of fused-ring (bicyclic) bond motifs is 6. The van der Waals surface area contributed by atoms with Crippen LogP contribution < -0.4 is 52.5 Å². The summed E-state index contributed by atoms with van der Waals surface area (Å²) in [5.41, 5.74) is 15.1. The van der Waals surface area contributed by atoms with Crippen LogP contribution in [0.15, 0.2) is 47.4 Å². The zero-order valence-corrected chi connectivity index (χ0v) is 47.8. The van der Waals surface area contributed by atoms with Crippen LogP contribution in [0.4, 0.5) is 17.3 Å². The Hall–Kier alpha value is -5.54. The van der Waals surface area contributed by atoms with Crippen molar-refractivity contribution in [1.29, 1.82) is 0 Å². The third kappa shape index (κ3) is 14.4. The number of nitrogens with two attached hydrogens (primary N) is 2. The first-order chi connectivity index (χ1) is 37.3. The van der Waals surface area contributed by atoms with E-state index in [1.54, 1.807) is 37.4 Å². The number of methoxy groups -OCH3 is 3. The summed E-state index contributed by atoms with van der Waals surface area (Å²) < 4.78 is 22.4. The number of likely N-dealkylation sites (tertiary alicyclic amines) is 1. The molecule has 4 bridgehead atoms. The van der Waals surface area contributed by atoms with Crippen LogP contribution >= 0.6 is 34.8 Å². The number of piperidine rings is 6. The summed E-state index contributed by atoms with van der Waals surface area (Å²) in [7, 11) is 4.73. The first-order valence-electron chi connectivity index (χ1n) is 27.0. The van der Waals surface area contributed by atoms with E-state index in [0.717, 1.165) is 102 Å². The highest BCUT2D eigenvalue weighted by molar-refractivity contribution is 6.34. The molecule has 4 aromatic rings. The van der Waals surface area contributed by atoms with Gasteiger partial charge in [-0.05, 0) is 127 Å². The minimum Gasteiger partial charge on any atom is -0.496 e. The maximum absolute atomic E-state index is 13.3. The van der Waals surface area contributed by atoms with Crippen LogP contribution in [-0.4, -0.2) is 159 Å². The summed E-state index contributed by atoms with van der Waals surface area (Å²) in [6.45, 7) is 15.7. The minimum atomic E-state index is -0.367. The van der Waals surface area contributed by atoms with Gasteiger partial charge in [-0.3, -0.25) is 24.2 Å². The number of amides is 3. The number of nitrogens with one attached hydrogen (secondary N) is 5. The predicted octanol–water partition coefficient (Wildman–Crippen LogP) is 6.67. The number of rotatable bonds is 14. The van der Waals surface area contributed by atoms with E-state index in [-0.39, 0.29) is 53.1 Å². The summed E-state index contributed by atoms with van der Waals surface area (Å²) in [5, 5.41) is 13.9. The standard InChI is InChI=1S/C25H34ClN5O4.C16H22ClN3O2.C15H20ClN3O2/c1-15-17-13-25(2,3)35-22(17)16(12-18(15)26)23(33)29-19-7-11-31(14-20(19)34-4)10-5-8-27-24-28-9-6-21(32)30-24;1-22-15-8-13(18)12(17)7-11(15)16(21)19-14-4-6-20-5-2-3-10(14)9-20;1-21-14-7-12(17)11(16)6-10(14)15(20)18-13-8-19-4-2-9(13)3-5-19/h6,9,12,19-20H,5,7-8,10-11,13-14H2,1-4H3,(H,29,33)(H2,27,28,30,32);7-8,10,14H,2-6,9,18H2,1H3,(H,19,21);6-7,9,13H,2-5,8,17H2,1H3,(H,18,20)/t;10-,14?;/m.0./s1. The quantitative estimate of drug-likeness (QED) is 0.0515. The molecule has 0 radical (unpaired) electrons. The molecule has 7 aliphatic rings. The van der Waals surface area contributed by atoms with Gasteiger partial charge in [-0.1, -0.05) is 34.8 Å². The molecule has 6 saturated heterocycles. The van der Waals surface area contributed by atoms with Gasteiger partial charge in [0.1, 0.15) is 22.8 Å². The Labute approximate surface area is 472 Å². The third-order valence-electron chi connectivity index (χ3n) is 16.0. The lowest BCUT2D eigenvalue weighted by atomic mass is 9.84. The van der Waals surface area contributed by atoms with Crippen molar-refractivity contribution in [2.24, 2.45) is 11.8 Å². The highest BCUT2D eigenvalue weighted by Crippen LogP contribution is 2.43. The van der Waals surface area contributed by atoms with E-state index in [1.165, 1.54) is 45.9 Å². The number of hydrogen-bond donors (Lipinski definition) is 7. The van der Waals surface area contributed by atoms with Gasteiger partial charge in [0.25, 0.3) is 23.3 Å². The van der Waals surface area contributed by atoms with Gasteiger partial charge < -0.3 is 66.4 Å². The number of carbonyl (C=O) groups excluding carboxylic acids is 3. The average Bonchev–Trinajstić information content (AvgIpc) is 3.88. The molecule has 8 heterocycles. The van der Waals surface area contributed by atoms with Gasteiger partial charge in [0.05, 0.1) is 64.5 Å². The lowest BCUT2D eigenvalue weighted by molar-refractivity contribution is 0.00634. The molecular weight excluding hydrogens is 1060 g/mol. The first-order valence-corrected chi connectivity index (χ1v) is 28.2. The Morgan fingerprint density at radius 2 is 1.33 bits per heavy atom. The molecule has 5 unspecified atom stereocenters. The summed E-state index contributed by atoms with van der Waals surface area (Å²) in [4.78, 5) is 63.7. The molecular formula is C56H76Cl3N11O8. The topological polar surface area (TPSA) is 244 Å². The SMILES string of the molecule is COC1CN(CCCNc2nccc(=O)[nH]2)CCC1NC(=O)c1cc(Cl)c(C)c2c1OC(C)(C)C2.COc1cc(N)c(Cl)cc1C(=O)NC1CCN2CCC[C@H]1C2.COc1cc(N)c(Cl)cc1C(=O)NC1CN2CCC1CC2. The number of anilines is 3. The molecule has 7 aliphatic heterocycles. The second-order valence-corrected chi connectivity index (χ2v) is 23.0. The maximum Gasteiger partial charge on any atom is 0.255 e. The lowest BCUT2D eigenvalue weighted by Gasteiger charge is -2.44. The van der Waals surface area contributed by atoms with Crippen molar-refractivity contribution < 1.29 is 33.3 Å². The number of benzene rings is 3. The number of H-pyrrole nitrogens is 1. The van der Waals surface area contributed by atoms with Crippen LogP contribution in [0.1, 0.15) is 101 Å². The largest absolute Gasteiger partial charge is 0.496 e. The fourth-order valence-corrected chi connectivity index (χ4v) is 12.2. The number of nitrogen functional groups attached to an aromatic ring is 2. The van der Waals surface area contributed by atoms with Gasteiger partial charge in [-0.2, -0.15) is 0 Å². The van der Waals surface area contributed by atoms with Crippen molar-refractivity contribution in [1.82, 2.24) is 40.6 Å². The van der Waals surface area contributed by atoms with E-state index in [1.807, 2.05) is 20.8 Å². The molecule has 9 N–H and O–H groups in total. The molecule has 22 heteroatoms. The van der Waals surface area contributed by atoms with Crippen LogP contribution in [0, 0.1) is 18.8 Å². The monoisotopic (exact) mass is 1140 g/mol. The van der Waals surface area contributed by atoms with Gasteiger partial charge in [-0.25, -0.2) is 4.98 Å². The molecule has 3 aromatic carbocycles. The summed E-state index contributed by atoms with van der Waals surface area (Å²) in [6, 6.07) is 9.78. The van der Waals surface area contributed by atoms with E-state index in [2.05, 4.69) is 45.9 Å². The Bertz CT molecular complexity index is 2850. The molecule has 424 valence electrons.